The number of aryl methyl sites for hydroxylation is 3. The molecule has 0 fully saturated rings. The summed E-state index contributed by atoms with van der Waals surface area (Å²) in [6, 6.07) is 12.5. The van der Waals surface area contributed by atoms with Gasteiger partial charge in [0.1, 0.15) is 11.4 Å². The molecule has 6 heteroatoms. The Bertz CT molecular complexity index is 1160. The van der Waals surface area contributed by atoms with Gasteiger partial charge in [0.15, 0.2) is 0 Å². The third kappa shape index (κ3) is 3.91. The smallest absolute Gasteiger partial charge is 0.128 e. The van der Waals surface area contributed by atoms with E-state index in [0.717, 1.165) is 64.7 Å². The molecule has 1 aliphatic carbocycles. The van der Waals surface area contributed by atoms with Crippen LogP contribution in [-0.2, 0) is 29.5 Å². The molecule has 0 saturated carbocycles. The van der Waals surface area contributed by atoms with Crippen LogP contribution >= 0.6 is 0 Å². The van der Waals surface area contributed by atoms with Crippen LogP contribution in [0.1, 0.15) is 54.7 Å². The van der Waals surface area contributed by atoms with Crippen molar-refractivity contribution in [1.82, 2.24) is 15.0 Å². The Labute approximate surface area is 197 Å². The molecule has 2 heterocycles. The summed E-state index contributed by atoms with van der Waals surface area (Å²) in [5.74, 6) is 0.928. The minimum Gasteiger partial charge on any atom is -0.375 e. The first-order valence-corrected chi connectivity index (χ1v) is 11.9. The molecule has 0 aliphatic heterocycles. The van der Waals surface area contributed by atoms with Crippen molar-refractivity contribution in [2.24, 2.45) is 5.73 Å². The van der Waals surface area contributed by atoms with Crippen molar-refractivity contribution in [1.29, 1.82) is 0 Å². The van der Waals surface area contributed by atoms with Crippen LogP contribution < -0.4 is 10.6 Å². The molecule has 174 valence electrons. The van der Waals surface area contributed by atoms with Crippen molar-refractivity contribution in [2.45, 2.75) is 58.6 Å². The van der Waals surface area contributed by atoms with Crippen LogP contribution in [0.3, 0.4) is 0 Å². The van der Waals surface area contributed by atoms with Crippen LogP contribution in [0.25, 0.3) is 11.3 Å². The van der Waals surface area contributed by atoms with Gasteiger partial charge in [0.05, 0.1) is 28.9 Å². The van der Waals surface area contributed by atoms with Crippen molar-refractivity contribution >= 4 is 5.82 Å². The summed E-state index contributed by atoms with van der Waals surface area (Å²) in [4.78, 5) is 17.2. The highest BCUT2D eigenvalue weighted by Crippen LogP contribution is 2.43. The lowest BCUT2D eigenvalue weighted by molar-refractivity contribution is 0.0264. The van der Waals surface area contributed by atoms with Crippen LogP contribution in [0.4, 0.5) is 5.82 Å². The summed E-state index contributed by atoms with van der Waals surface area (Å²) in [7, 11) is 4.00. The molecule has 4 rings (SSSR count). The monoisotopic (exact) mass is 445 g/mol. The lowest BCUT2D eigenvalue weighted by Gasteiger charge is -2.33. The molecule has 0 saturated heterocycles. The van der Waals surface area contributed by atoms with Gasteiger partial charge in [-0.3, -0.25) is 4.98 Å². The van der Waals surface area contributed by atoms with Gasteiger partial charge < -0.3 is 15.4 Å². The second-order valence-electron chi connectivity index (χ2n) is 8.89. The number of nitrogens with two attached hydrogens (primary N) is 1. The van der Waals surface area contributed by atoms with Crippen LogP contribution in [0.2, 0.25) is 0 Å². The Kier molecular flexibility index (Phi) is 6.50. The average Bonchev–Trinajstić information content (AvgIpc) is 3.10. The van der Waals surface area contributed by atoms with Gasteiger partial charge in [0.25, 0.3) is 0 Å². The number of nitrogens with zero attached hydrogens (tertiary/aromatic N) is 4. The molecule has 0 bridgehead atoms. The van der Waals surface area contributed by atoms with Gasteiger partial charge in [-0.2, -0.15) is 0 Å². The minimum atomic E-state index is -0.824. The van der Waals surface area contributed by atoms with Crippen molar-refractivity contribution in [3.8, 4) is 11.3 Å². The maximum absolute atomic E-state index is 7.25. The second kappa shape index (κ2) is 9.20. The van der Waals surface area contributed by atoms with E-state index in [1.807, 2.05) is 45.0 Å². The van der Waals surface area contributed by atoms with Gasteiger partial charge in [-0.15, -0.1) is 0 Å². The first kappa shape index (κ1) is 23.3. The summed E-state index contributed by atoms with van der Waals surface area (Å²) in [6.45, 7) is 8.89. The van der Waals surface area contributed by atoms with Crippen molar-refractivity contribution in [3.05, 3.63) is 70.3 Å². The Morgan fingerprint density at radius 3 is 2.36 bits per heavy atom. The third-order valence-electron chi connectivity index (χ3n) is 6.63. The number of benzene rings is 1. The van der Waals surface area contributed by atoms with E-state index < -0.39 is 5.54 Å². The fourth-order valence-corrected chi connectivity index (χ4v) is 4.90. The number of pyridine rings is 1. The maximum Gasteiger partial charge on any atom is 0.128 e. The molecule has 33 heavy (non-hydrogen) atoms. The van der Waals surface area contributed by atoms with E-state index in [9.17, 15) is 0 Å². The van der Waals surface area contributed by atoms with Crippen LogP contribution in [0.5, 0.6) is 0 Å². The first-order valence-electron chi connectivity index (χ1n) is 11.9. The highest BCUT2D eigenvalue weighted by atomic mass is 16.5. The second-order valence-corrected chi connectivity index (χ2v) is 8.89. The molecule has 0 spiro atoms. The number of ether oxygens (including phenoxy) is 1. The molecule has 3 aromatic rings. The predicted molar refractivity (Wildman–Crippen MR) is 134 cm³/mol. The molecule has 2 atom stereocenters. The Morgan fingerprint density at radius 2 is 1.73 bits per heavy atom. The number of anilines is 1. The summed E-state index contributed by atoms with van der Waals surface area (Å²) >= 11 is 0. The lowest BCUT2D eigenvalue weighted by atomic mass is 9.85. The molecule has 0 unspecified atom stereocenters. The minimum absolute atomic E-state index is 0.169. The van der Waals surface area contributed by atoms with Crippen LogP contribution in [-0.4, -0.2) is 41.8 Å². The average molecular weight is 446 g/mol. The van der Waals surface area contributed by atoms with E-state index in [1.165, 1.54) is 5.56 Å². The van der Waals surface area contributed by atoms with Crippen LogP contribution in [0, 0.1) is 6.92 Å². The third-order valence-corrected chi connectivity index (χ3v) is 6.63. The molecule has 2 aromatic heterocycles. The number of fused-ring (bicyclic) bond motifs is 1. The fraction of sp³-hybridized carbons (Fsp3) is 0.444. The molecule has 0 radical (unpaired) electrons. The number of hydrogen-bond acceptors (Lipinski definition) is 6. The van der Waals surface area contributed by atoms with Crippen molar-refractivity contribution in [2.75, 3.05) is 25.6 Å². The summed E-state index contributed by atoms with van der Waals surface area (Å²) in [6.07, 6.45) is 2.11. The van der Waals surface area contributed by atoms with E-state index >= 15 is 0 Å². The Hall–Kier alpha value is -2.83. The van der Waals surface area contributed by atoms with E-state index in [1.54, 1.807) is 0 Å². The van der Waals surface area contributed by atoms with Gasteiger partial charge in [-0.05, 0) is 49.9 Å². The van der Waals surface area contributed by atoms with E-state index in [0.29, 0.717) is 6.61 Å². The number of hydrogen-bond donors (Lipinski definition) is 1. The molecule has 6 nitrogen and oxygen atoms in total. The van der Waals surface area contributed by atoms with E-state index in [-0.39, 0.29) is 6.10 Å². The zero-order valence-electron chi connectivity index (χ0n) is 20.6. The highest BCUT2D eigenvalue weighted by molar-refractivity contribution is 5.67. The van der Waals surface area contributed by atoms with Gasteiger partial charge >= 0.3 is 0 Å². The highest BCUT2D eigenvalue weighted by Gasteiger charge is 2.48. The molecular formula is C27H35N5O. The molecule has 1 aliphatic rings. The predicted octanol–water partition coefficient (Wildman–Crippen LogP) is 4.20. The van der Waals surface area contributed by atoms with Crippen LogP contribution in [0.15, 0.2) is 36.4 Å². The lowest BCUT2D eigenvalue weighted by Crippen LogP contribution is -2.49. The molecule has 2 N–H and O–H groups in total. The van der Waals surface area contributed by atoms with Gasteiger partial charge in [-0.1, -0.05) is 38.1 Å². The van der Waals surface area contributed by atoms with E-state index in [2.05, 4.69) is 38.1 Å². The topological polar surface area (TPSA) is 77.2 Å². The standard InChI is InChI=1S/C27H35N5O/c1-7-21-25(19-14-15-24(32(5)6)29-17(19)4)30-22(8-2)26(31-21)27(28)20-13-11-10-12-18(20)16-23(27)33-9-3/h10-15,23H,7-9,16,28H2,1-6H3/t23-,27-/m0/s1. The Morgan fingerprint density at radius 1 is 1.00 bits per heavy atom. The molecular weight excluding hydrogens is 410 g/mol. The van der Waals surface area contributed by atoms with E-state index in [4.69, 9.17) is 25.4 Å². The SMILES string of the molecule is CCO[C@H]1Cc2ccccc2[C@@]1(N)c1nc(CC)c(-c2ccc(N(C)C)nc2C)nc1CC. The first-order chi connectivity index (χ1) is 15.8. The normalized spacial score (nSPS) is 19.5. The van der Waals surface area contributed by atoms with Crippen molar-refractivity contribution in [3.63, 3.8) is 0 Å². The number of rotatable bonds is 7. The van der Waals surface area contributed by atoms with Gasteiger partial charge in [0.2, 0.25) is 0 Å². The Balaban J connectivity index is 1.91. The fourth-order valence-electron chi connectivity index (χ4n) is 4.90. The molecule has 0 amide bonds. The largest absolute Gasteiger partial charge is 0.375 e. The zero-order chi connectivity index (χ0) is 23.8. The number of aromatic nitrogens is 3. The summed E-state index contributed by atoms with van der Waals surface area (Å²) in [5, 5.41) is 0. The zero-order valence-corrected chi connectivity index (χ0v) is 20.6. The van der Waals surface area contributed by atoms with Crippen molar-refractivity contribution < 1.29 is 4.74 Å². The summed E-state index contributed by atoms with van der Waals surface area (Å²) < 4.78 is 6.19. The van der Waals surface area contributed by atoms with Gasteiger partial charge in [-0.25, -0.2) is 9.97 Å². The summed E-state index contributed by atoms with van der Waals surface area (Å²) in [5.41, 5.74) is 14.3. The maximum atomic E-state index is 7.25. The van der Waals surface area contributed by atoms with Gasteiger partial charge in [0, 0.05) is 38.4 Å². The molecule has 1 aromatic carbocycles. The quantitative estimate of drug-likeness (QED) is 0.587.